The lowest BCUT2D eigenvalue weighted by molar-refractivity contribution is 0.0919. The van der Waals surface area contributed by atoms with Gasteiger partial charge in [0.15, 0.2) is 0 Å². The maximum absolute atomic E-state index is 12.5. The van der Waals surface area contributed by atoms with Crippen molar-refractivity contribution < 1.29 is 9.53 Å². The van der Waals surface area contributed by atoms with E-state index in [0.29, 0.717) is 18.9 Å². The number of nitrogens with one attached hydrogen (secondary N) is 1. The quantitative estimate of drug-likeness (QED) is 0.865. The molecule has 2 aromatic rings. The monoisotopic (exact) mass is 357 g/mol. The van der Waals surface area contributed by atoms with E-state index in [1.165, 1.54) is 4.68 Å². The standard InChI is InChI=1S/C18H23N5O3/c1-11-7-14(20-22(11)2)18(25)19-15-9-26-10-16(15)23-17(24)8-12-5-3-4-6-13(12)21-23/h7-8,15-16H,3-6,9-10H2,1-2H3,(H,19,25). The van der Waals surface area contributed by atoms with Gasteiger partial charge in [0.25, 0.3) is 11.5 Å². The van der Waals surface area contributed by atoms with Gasteiger partial charge in [-0.3, -0.25) is 14.3 Å². The Hall–Kier alpha value is -2.48. The van der Waals surface area contributed by atoms with Crippen molar-refractivity contribution in [2.45, 2.75) is 44.7 Å². The van der Waals surface area contributed by atoms with Crippen LogP contribution in [0.3, 0.4) is 0 Å². The molecule has 4 rings (SSSR count). The van der Waals surface area contributed by atoms with E-state index >= 15 is 0 Å². The Balaban J connectivity index is 1.57. The van der Waals surface area contributed by atoms with Crippen LogP contribution in [0.5, 0.6) is 0 Å². The minimum Gasteiger partial charge on any atom is -0.377 e. The number of aromatic nitrogens is 4. The van der Waals surface area contributed by atoms with Crippen LogP contribution in [0.1, 0.15) is 46.3 Å². The lowest BCUT2D eigenvalue weighted by Gasteiger charge is -2.22. The molecule has 1 amide bonds. The third-order valence-electron chi connectivity index (χ3n) is 5.26. The van der Waals surface area contributed by atoms with Crippen molar-refractivity contribution in [3.05, 3.63) is 45.1 Å². The van der Waals surface area contributed by atoms with Crippen LogP contribution in [0.25, 0.3) is 0 Å². The minimum absolute atomic E-state index is 0.130. The number of hydrogen-bond acceptors (Lipinski definition) is 5. The fourth-order valence-corrected chi connectivity index (χ4v) is 3.65. The van der Waals surface area contributed by atoms with Crippen LogP contribution in [-0.4, -0.2) is 44.7 Å². The van der Waals surface area contributed by atoms with Crippen molar-refractivity contribution in [3.63, 3.8) is 0 Å². The molecular formula is C18H23N5O3. The largest absolute Gasteiger partial charge is 0.377 e. The Kier molecular flexibility index (Phi) is 4.36. The van der Waals surface area contributed by atoms with Crippen LogP contribution >= 0.6 is 0 Å². The SMILES string of the molecule is Cc1cc(C(=O)NC2COCC2n2nc3c(cc2=O)CCCC3)nn1C. The van der Waals surface area contributed by atoms with E-state index in [4.69, 9.17) is 4.74 Å². The number of hydrogen-bond donors (Lipinski definition) is 1. The van der Waals surface area contributed by atoms with Gasteiger partial charge in [-0.2, -0.15) is 10.2 Å². The molecule has 26 heavy (non-hydrogen) atoms. The van der Waals surface area contributed by atoms with Crippen LogP contribution in [0.15, 0.2) is 16.9 Å². The van der Waals surface area contributed by atoms with Crippen LogP contribution in [0.4, 0.5) is 0 Å². The van der Waals surface area contributed by atoms with E-state index in [2.05, 4.69) is 15.5 Å². The molecule has 2 aliphatic rings. The third kappa shape index (κ3) is 3.05. The van der Waals surface area contributed by atoms with Crippen LogP contribution in [-0.2, 0) is 24.6 Å². The number of amides is 1. The Labute approximate surface area is 151 Å². The van der Waals surface area contributed by atoms with Gasteiger partial charge in [-0.05, 0) is 44.2 Å². The maximum Gasteiger partial charge on any atom is 0.272 e. The molecule has 1 N–H and O–H groups in total. The first-order valence-corrected chi connectivity index (χ1v) is 9.04. The van der Waals surface area contributed by atoms with Gasteiger partial charge in [-0.25, -0.2) is 4.68 Å². The van der Waals surface area contributed by atoms with Gasteiger partial charge in [0, 0.05) is 18.8 Å². The smallest absolute Gasteiger partial charge is 0.272 e. The second-order valence-electron chi connectivity index (χ2n) is 7.09. The second-order valence-corrected chi connectivity index (χ2v) is 7.09. The van der Waals surface area contributed by atoms with Crippen LogP contribution in [0.2, 0.25) is 0 Å². The van der Waals surface area contributed by atoms with Crippen LogP contribution < -0.4 is 10.9 Å². The highest BCUT2D eigenvalue weighted by Gasteiger charge is 2.33. The molecule has 8 heteroatoms. The molecule has 0 saturated carbocycles. The van der Waals surface area contributed by atoms with Crippen molar-refractivity contribution in [1.82, 2.24) is 24.9 Å². The summed E-state index contributed by atoms with van der Waals surface area (Å²) in [5, 5.41) is 11.8. The summed E-state index contributed by atoms with van der Waals surface area (Å²) in [5.41, 5.74) is 3.19. The summed E-state index contributed by atoms with van der Waals surface area (Å²) in [7, 11) is 1.80. The zero-order valence-corrected chi connectivity index (χ0v) is 15.1. The number of fused-ring (bicyclic) bond motifs is 1. The summed E-state index contributed by atoms with van der Waals surface area (Å²) >= 11 is 0. The van der Waals surface area contributed by atoms with Crippen molar-refractivity contribution >= 4 is 5.91 Å². The molecule has 0 bridgehead atoms. The average molecular weight is 357 g/mol. The minimum atomic E-state index is -0.309. The van der Waals surface area contributed by atoms with Gasteiger partial charge in [0.2, 0.25) is 0 Å². The topological polar surface area (TPSA) is 91.0 Å². The Morgan fingerprint density at radius 1 is 1.23 bits per heavy atom. The van der Waals surface area contributed by atoms with Gasteiger partial charge >= 0.3 is 0 Å². The van der Waals surface area contributed by atoms with E-state index in [0.717, 1.165) is 42.6 Å². The molecule has 2 atom stereocenters. The van der Waals surface area contributed by atoms with Crippen molar-refractivity contribution in [2.75, 3.05) is 13.2 Å². The molecule has 1 fully saturated rings. The molecule has 138 valence electrons. The number of carbonyl (C=O) groups is 1. The van der Waals surface area contributed by atoms with Gasteiger partial charge < -0.3 is 10.1 Å². The summed E-state index contributed by atoms with van der Waals surface area (Å²) < 4.78 is 8.70. The zero-order chi connectivity index (χ0) is 18.3. The Bertz CT molecular complexity index is 881. The molecule has 3 heterocycles. The molecule has 1 aliphatic heterocycles. The second kappa shape index (κ2) is 6.68. The molecular weight excluding hydrogens is 334 g/mol. The summed E-state index contributed by atoms with van der Waals surface area (Å²) in [4.78, 5) is 25.1. The lowest BCUT2D eigenvalue weighted by atomic mass is 9.97. The molecule has 1 saturated heterocycles. The number of carbonyl (C=O) groups excluding carboxylic acids is 1. The zero-order valence-electron chi connectivity index (χ0n) is 15.1. The van der Waals surface area contributed by atoms with E-state index < -0.39 is 0 Å². The highest BCUT2D eigenvalue weighted by molar-refractivity contribution is 5.92. The van der Waals surface area contributed by atoms with E-state index in [-0.39, 0.29) is 23.6 Å². The number of rotatable bonds is 3. The molecule has 2 unspecified atom stereocenters. The maximum atomic E-state index is 12.5. The normalized spacial score (nSPS) is 22.2. The lowest BCUT2D eigenvalue weighted by Crippen LogP contribution is -2.44. The van der Waals surface area contributed by atoms with Crippen LogP contribution in [0, 0.1) is 6.92 Å². The summed E-state index contributed by atoms with van der Waals surface area (Å²) in [6.07, 6.45) is 4.01. The molecule has 8 nitrogen and oxygen atoms in total. The van der Waals surface area contributed by atoms with E-state index in [9.17, 15) is 9.59 Å². The predicted octanol–water partition coefficient (Wildman–Crippen LogP) is 0.534. The fourth-order valence-electron chi connectivity index (χ4n) is 3.65. The third-order valence-corrected chi connectivity index (χ3v) is 5.26. The van der Waals surface area contributed by atoms with E-state index in [1.54, 1.807) is 23.9 Å². The Morgan fingerprint density at radius 2 is 2.04 bits per heavy atom. The first kappa shape index (κ1) is 17.0. The number of aryl methyl sites for hydroxylation is 4. The van der Waals surface area contributed by atoms with Gasteiger partial charge in [-0.15, -0.1) is 0 Å². The van der Waals surface area contributed by atoms with Crippen molar-refractivity contribution in [2.24, 2.45) is 7.05 Å². The molecule has 2 aromatic heterocycles. The first-order chi connectivity index (χ1) is 12.5. The van der Waals surface area contributed by atoms with Crippen molar-refractivity contribution in [1.29, 1.82) is 0 Å². The summed E-state index contributed by atoms with van der Waals surface area (Å²) in [6.45, 7) is 2.60. The van der Waals surface area contributed by atoms with Gasteiger partial charge in [-0.1, -0.05) is 0 Å². The van der Waals surface area contributed by atoms with Crippen molar-refractivity contribution in [3.8, 4) is 0 Å². The highest BCUT2D eigenvalue weighted by atomic mass is 16.5. The summed E-state index contributed by atoms with van der Waals surface area (Å²) in [5.74, 6) is -0.264. The Morgan fingerprint density at radius 3 is 2.81 bits per heavy atom. The van der Waals surface area contributed by atoms with E-state index in [1.807, 2.05) is 6.92 Å². The molecule has 0 spiro atoms. The predicted molar refractivity (Wildman–Crippen MR) is 94.2 cm³/mol. The molecule has 1 aliphatic carbocycles. The number of nitrogens with zero attached hydrogens (tertiary/aromatic N) is 4. The molecule has 0 aromatic carbocycles. The summed E-state index contributed by atoms with van der Waals surface area (Å²) in [6, 6.07) is 2.82. The van der Waals surface area contributed by atoms with Gasteiger partial charge in [0.1, 0.15) is 11.7 Å². The highest BCUT2D eigenvalue weighted by Crippen LogP contribution is 2.21. The average Bonchev–Trinajstić information content (AvgIpc) is 3.21. The van der Waals surface area contributed by atoms with Gasteiger partial charge in [0.05, 0.1) is 24.9 Å². The molecule has 0 radical (unpaired) electrons. The first-order valence-electron chi connectivity index (χ1n) is 9.04. The number of ether oxygens (including phenoxy) is 1. The fraction of sp³-hybridized carbons (Fsp3) is 0.556.